The Labute approximate surface area is 135 Å². The largest absolute Gasteiger partial charge is 0.368 e. The minimum atomic E-state index is -0.166. The van der Waals surface area contributed by atoms with Gasteiger partial charge in [-0.1, -0.05) is 31.5 Å². The van der Waals surface area contributed by atoms with Crippen LogP contribution in [0.15, 0.2) is 53.7 Å². The van der Waals surface area contributed by atoms with Gasteiger partial charge in [-0.05, 0) is 30.7 Å². The van der Waals surface area contributed by atoms with Gasteiger partial charge in [0.25, 0.3) is 5.91 Å². The molecule has 1 aliphatic heterocycles. The van der Waals surface area contributed by atoms with Crippen molar-refractivity contribution in [1.82, 2.24) is 10.3 Å². The van der Waals surface area contributed by atoms with Crippen LogP contribution in [0.5, 0.6) is 0 Å². The highest BCUT2D eigenvalue weighted by Crippen LogP contribution is 2.14. The number of nitrogens with one attached hydrogen (secondary N) is 2. The number of rotatable bonds is 5. The van der Waals surface area contributed by atoms with Crippen LogP contribution in [0.4, 0.5) is 5.82 Å². The lowest BCUT2D eigenvalue weighted by Crippen LogP contribution is -2.22. The molecule has 1 aromatic heterocycles. The molecule has 0 saturated carbocycles. The molecule has 0 bridgehead atoms. The van der Waals surface area contributed by atoms with Crippen LogP contribution in [0.1, 0.15) is 35.7 Å². The number of anilines is 1. The van der Waals surface area contributed by atoms with Gasteiger partial charge in [0.2, 0.25) is 0 Å². The molecule has 0 spiro atoms. The summed E-state index contributed by atoms with van der Waals surface area (Å²) in [5, 5.41) is 6.16. The second-order valence-corrected chi connectivity index (χ2v) is 5.55. The Kier molecular flexibility index (Phi) is 4.66. The summed E-state index contributed by atoms with van der Waals surface area (Å²) in [6.07, 6.45) is 3.89. The van der Waals surface area contributed by atoms with Crippen LogP contribution in [0.25, 0.3) is 0 Å². The van der Waals surface area contributed by atoms with Crippen LogP contribution in [-0.4, -0.2) is 29.3 Å². The van der Waals surface area contributed by atoms with Crippen LogP contribution >= 0.6 is 0 Å². The molecule has 1 amide bonds. The first-order chi connectivity index (χ1) is 11.3. The molecule has 0 saturated heterocycles. The summed E-state index contributed by atoms with van der Waals surface area (Å²) in [6.45, 7) is 3.04. The van der Waals surface area contributed by atoms with E-state index in [1.807, 2.05) is 30.3 Å². The molecule has 23 heavy (non-hydrogen) atoms. The monoisotopic (exact) mass is 308 g/mol. The maximum absolute atomic E-state index is 12.2. The van der Waals surface area contributed by atoms with Crippen molar-refractivity contribution in [2.75, 3.05) is 11.9 Å². The third kappa shape index (κ3) is 3.74. The maximum Gasteiger partial charge on any atom is 0.256 e. The molecule has 5 heteroatoms. The van der Waals surface area contributed by atoms with E-state index in [-0.39, 0.29) is 5.91 Å². The molecule has 2 N–H and O–H groups in total. The number of amides is 1. The first-order valence-corrected chi connectivity index (χ1v) is 7.90. The molecule has 1 aromatic carbocycles. The number of hydrogen-bond donors (Lipinski definition) is 2. The lowest BCUT2D eigenvalue weighted by atomic mass is 10.2. The van der Waals surface area contributed by atoms with E-state index >= 15 is 0 Å². The predicted octanol–water partition coefficient (Wildman–Crippen LogP) is 2.85. The van der Waals surface area contributed by atoms with Crippen molar-refractivity contribution in [3.8, 4) is 0 Å². The molecule has 0 radical (unpaired) electrons. The molecule has 0 aliphatic carbocycles. The third-order valence-electron chi connectivity index (χ3n) is 3.75. The molecule has 118 valence electrons. The van der Waals surface area contributed by atoms with Crippen molar-refractivity contribution in [1.29, 1.82) is 0 Å². The lowest BCUT2D eigenvalue weighted by Gasteiger charge is -2.07. The normalized spacial score (nSPS) is 16.6. The Morgan fingerprint density at radius 2 is 2.13 bits per heavy atom. The van der Waals surface area contributed by atoms with E-state index in [1.165, 1.54) is 0 Å². The maximum atomic E-state index is 12.2. The number of carbonyl (C=O) groups is 1. The highest BCUT2D eigenvalue weighted by molar-refractivity contribution is 6.05. The first kappa shape index (κ1) is 15.2. The number of carbonyl (C=O) groups excluding carboxylic acids is 1. The van der Waals surface area contributed by atoms with Crippen LogP contribution in [0.2, 0.25) is 0 Å². The smallest absolute Gasteiger partial charge is 0.256 e. The van der Waals surface area contributed by atoms with Gasteiger partial charge in [-0.3, -0.25) is 9.79 Å². The summed E-state index contributed by atoms with van der Waals surface area (Å²) in [4.78, 5) is 21.1. The van der Waals surface area contributed by atoms with Crippen LogP contribution < -0.4 is 10.6 Å². The fourth-order valence-corrected chi connectivity index (χ4v) is 2.59. The standard InChI is InChI=1S/C18H20N4O/c1-2-6-15-12-20-17(21-15)14-9-10-19-16(11-14)22-18(23)13-7-4-3-5-8-13/h3-5,7-11,15H,2,6,12H2,1H3,(H,20,21)(H,19,22,23). The number of aromatic nitrogens is 1. The molecule has 1 aliphatic rings. The Bertz CT molecular complexity index is 712. The Morgan fingerprint density at radius 3 is 2.91 bits per heavy atom. The minimum absolute atomic E-state index is 0.166. The lowest BCUT2D eigenvalue weighted by molar-refractivity contribution is 0.102. The van der Waals surface area contributed by atoms with Crippen LogP contribution in [0, 0.1) is 0 Å². The highest BCUT2D eigenvalue weighted by atomic mass is 16.1. The van der Waals surface area contributed by atoms with E-state index in [1.54, 1.807) is 18.3 Å². The summed E-state index contributed by atoms with van der Waals surface area (Å²) < 4.78 is 0. The summed E-state index contributed by atoms with van der Waals surface area (Å²) in [5.41, 5.74) is 1.56. The topological polar surface area (TPSA) is 66.4 Å². The Balaban J connectivity index is 1.73. The fourth-order valence-electron chi connectivity index (χ4n) is 2.59. The van der Waals surface area contributed by atoms with E-state index in [9.17, 15) is 4.79 Å². The van der Waals surface area contributed by atoms with Gasteiger partial charge in [-0.25, -0.2) is 4.98 Å². The second-order valence-electron chi connectivity index (χ2n) is 5.55. The molecular formula is C18H20N4O. The number of benzene rings is 1. The average Bonchev–Trinajstić information content (AvgIpc) is 3.05. The number of hydrogen-bond acceptors (Lipinski definition) is 4. The van der Waals surface area contributed by atoms with Gasteiger partial charge in [0.1, 0.15) is 11.7 Å². The quantitative estimate of drug-likeness (QED) is 0.892. The van der Waals surface area contributed by atoms with Crippen molar-refractivity contribution >= 4 is 17.6 Å². The molecule has 3 rings (SSSR count). The van der Waals surface area contributed by atoms with Crippen LogP contribution in [0.3, 0.4) is 0 Å². The summed E-state index contributed by atoms with van der Waals surface area (Å²) in [7, 11) is 0. The Morgan fingerprint density at radius 1 is 1.30 bits per heavy atom. The van der Waals surface area contributed by atoms with Gasteiger partial charge in [-0.2, -0.15) is 0 Å². The van der Waals surface area contributed by atoms with E-state index in [2.05, 4.69) is 22.5 Å². The van der Waals surface area contributed by atoms with Crippen molar-refractivity contribution < 1.29 is 4.79 Å². The van der Waals surface area contributed by atoms with E-state index < -0.39 is 0 Å². The van der Waals surface area contributed by atoms with E-state index in [4.69, 9.17) is 4.99 Å². The molecule has 1 unspecified atom stereocenters. The zero-order chi connectivity index (χ0) is 16.1. The van der Waals surface area contributed by atoms with Gasteiger partial charge in [-0.15, -0.1) is 0 Å². The van der Waals surface area contributed by atoms with Gasteiger partial charge in [0, 0.05) is 23.9 Å². The van der Waals surface area contributed by atoms with Crippen molar-refractivity contribution in [2.24, 2.45) is 4.99 Å². The molecule has 2 heterocycles. The van der Waals surface area contributed by atoms with Gasteiger partial charge < -0.3 is 10.6 Å². The molecule has 2 aromatic rings. The summed E-state index contributed by atoms with van der Waals surface area (Å²) in [6, 6.07) is 13.2. The summed E-state index contributed by atoms with van der Waals surface area (Å²) >= 11 is 0. The highest BCUT2D eigenvalue weighted by Gasteiger charge is 2.17. The van der Waals surface area contributed by atoms with Gasteiger partial charge >= 0.3 is 0 Å². The van der Waals surface area contributed by atoms with E-state index in [0.29, 0.717) is 17.4 Å². The number of aliphatic imine (C=N–C) groups is 1. The predicted molar refractivity (Wildman–Crippen MR) is 91.9 cm³/mol. The first-order valence-electron chi connectivity index (χ1n) is 7.90. The average molecular weight is 308 g/mol. The van der Waals surface area contributed by atoms with Crippen molar-refractivity contribution in [3.05, 3.63) is 59.8 Å². The zero-order valence-corrected chi connectivity index (χ0v) is 13.1. The van der Waals surface area contributed by atoms with Gasteiger partial charge in [0.05, 0.1) is 6.04 Å². The van der Waals surface area contributed by atoms with Crippen molar-refractivity contribution in [3.63, 3.8) is 0 Å². The van der Waals surface area contributed by atoms with E-state index in [0.717, 1.165) is 30.8 Å². The minimum Gasteiger partial charge on any atom is -0.368 e. The molecule has 1 atom stereocenters. The van der Waals surface area contributed by atoms with Gasteiger partial charge in [0.15, 0.2) is 0 Å². The molecule has 5 nitrogen and oxygen atoms in total. The number of pyridine rings is 1. The molecule has 0 fully saturated rings. The van der Waals surface area contributed by atoms with Crippen LogP contribution in [-0.2, 0) is 0 Å². The van der Waals surface area contributed by atoms with Crippen molar-refractivity contribution in [2.45, 2.75) is 25.8 Å². The number of amidine groups is 1. The SMILES string of the molecule is CCCC1CNC(c2ccnc(NC(=O)c3ccccc3)c2)=N1. The Hall–Kier alpha value is -2.69. The zero-order valence-electron chi connectivity index (χ0n) is 13.1. The molecular weight excluding hydrogens is 288 g/mol. The third-order valence-corrected chi connectivity index (χ3v) is 3.75. The number of nitrogens with zero attached hydrogens (tertiary/aromatic N) is 2. The summed E-state index contributed by atoms with van der Waals surface area (Å²) in [5.74, 6) is 1.24. The fraction of sp³-hybridized carbons (Fsp3) is 0.278. The second kappa shape index (κ2) is 7.05.